The molecule has 4 rings (SSSR count). The summed E-state index contributed by atoms with van der Waals surface area (Å²) in [5.74, 6) is -0.0330. The number of hydrogen-bond donors (Lipinski definition) is 1. The van der Waals surface area contributed by atoms with Gasteiger partial charge >= 0.3 is 6.09 Å². The van der Waals surface area contributed by atoms with Gasteiger partial charge < -0.3 is 15.0 Å². The molecule has 3 aromatic rings. The second-order valence-corrected chi connectivity index (χ2v) is 8.32. The third-order valence-corrected chi connectivity index (χ3v) is 6.27. The van der Waals surface area contributed by atoms with Gasteiger partial charge in [0.05, 0.1) is 5.54 Å². The van der Waals surface area contributed by atoms with Gasteiger partial charge in [0.2, 0.25) is 0 Å². The summed E-state index contributed by atoms with van der Waals surface area (Å²) in [6.07, 6.45) is 0.175. The number of rotatable bonds is 5. The first-order chi connectivity index (χ1) is 15.0. The van der Waals surface area contributed by atoms with Crippen molar-refractivity contribution in [2.45, 2.75) is 17.9 Å². The summed E-state index contributed by atoms with van der Waals surface area (Å²) in [7, 11) is 1.77. The minimum Gasteiger partial charge on any atom is -0.410 e. The molecule has 1 fully saturated rings. The molecule has 0 aliphatic carbocycles. The Balaban J connectivity index is 1.68. The highest BCUT2D eigenvalue weighted by atomic mass is 35.5. The Morgan fingerprint density at radius 2 is 1.77 bits per heavy atom. The quantitative estimate of drug-likeness (QED) is 0.589. The number of likely N-dealkylation sites (N-methyl/N-ethyl adjacent to an activating group) is 1. The first kappa shape index (κ1) is 21.3. The van der Waals surface area contributed by atoms with Crippen molar-refractivity contribution in [3.8, 4) is 5.75 Å². The second-order valence-electron chi connectivity index (χ2n) is 7.88. The third kappa shape index (κ3) is 4.58. The number of amides is 1. The van der Waals surface area contributed by atoms with Gasteiger partial charge in [-0.1, -0.05) is 54.1 Å². The fourth-order valence-electron chi connectivity index (χ4n) is 4.33. The van der Waals surface area contributed by atoms with Gasteiger partial charge in [-0.15, -0.1) is 0 Å². The molecule has 2 atom stereocenters. The smallest absolute Gasteiger partial charge is 0.410 e. The molecule has 0 bridgehead atoms. The molecule has 0 radical (unpaired) electrons. The van der Waals surface area contributed by atoms with E-state index >= 15 is 0 Å². The van der Waals surface area contributed by atoms with E-state index in [1.54, 1.807) is 11.9 Å². The van der Waals surface area contributed by atoms with Gasteiger partial charge in [0.15, 0.2) is 0 Å². The van der Waals surface area contributed by atoms with Crippen molar-refractivity contribution < 1.29 is 13.9 Å². The first-order valence-electron chi connectivity index (χ1n) is 10.2. The van der Waals surface area contributed by atoms with Crippen LogP contribution in [-0.2, 0) is 6.42 Å². The summed E-state index contributed by atoms with van der Waals surface area (Å²) in [6, 6.07) is 23.3. The van der Waals surface area contributed by atoms with Crippen LogP contribution < -0.4 is 10.1 Å². The van der Waals surface area contributed by atoms with Crippen molar-refractivity contribution in [3.05, 3.63) is 101 Å². The number of benzene rings is 3. The van der Waals surface area contributed by atoms with Crippen molar-refractivity contribution in [1.29, 1.82) is 0 Å². The molecule has 1 aliphatic heterocycles. The van der Waals surface area contributed by atoms with Gasteiger partial charge in [-0.25, -0.2) is 9.18 Å². The number of nitrogens with zero attached hydrogens (tertiary/aromatic N) is 1. The number of halogens is 2. The first-order valence-corrected chi connectivity index (χ1v) is 10.6. The highest BCUT2D eigenvalue weighted by molar-refractivity contribution is 6.30. The largest absolute Gasteiger partial charge is 0.415 e. The minimum atomic E-state index is -0.549. The summed E-state index contributed by atoms with van der Waals surface area (Å²) < 4.78 is 18.8. The van der Waals surface area contributed by atoms with E-state index in [0.717, 1.165) is 17.7 Å². The lowest BCUT2D eigenvalue weighted by molar-refractivity contribution is 0.0986. The number of carbonyl (C=O) groups excluding carboxylic acids is 1. The maximum absolute atomic E-state index is 13.2. The van der Waals surface area contributed by atoms with E-state index < -0.39 is 11.6 Å². The maximum Gasteiger partial charge on any atom is 0.415 e. The molecular weight excluding hydrogens is 415 g/mol. The molecule has 1 aliphatic rings. The van der Waals surface area contributed by atoms with Crippen molar-refractivity contribution in [2.24, 2.45) is 0 Å². The van der Waals surface area contributed by atoms with Gasteiger partial charge in [0, 0.05) is 31.1 Å². The van der Waals surface area contributed by atoms with E-state index in [1.807, 2.05) is 42.5 Å². The lowest BCUT2D eigenvalue weighted by Gasteiger charge is -2.42. The van der Waals surface area contributed by atoms with E-state index in [4.69, 9.17) is 16.3 Å². The Bertz CT molecular complexity index is 1030. The molecule has 1 N–H and O–H groups in total. The van der Waals surface area contributed by atoms with Crippen molar-refractivity contribution >= 4 is 17.7 Å². The number of ether oxygens (including phenoxy) is 1. The zero-order valence-electron chi connectivity index (χ0n) is 17.2. The highest BCUT2D eigenvalue weighted by Gasteiger charge is 2.49. The van der Waals surface area contributed by atoms with Gasteiger partial charge in [0.25, 0.3) is 0 Å². The number of nitrogens with one attached hydrogen (secondary N) is 1. The normalized spacial score (nSPS) is 20.4. The molecule has 0 aromatic heterocycles. The predicted molar refractivity (Wildman–Crippen MR) is 120 cm³/mol. The van der Waals surface area contributed by atoms with E-state index in [0.29, 0.717) is 23.7 Å². The highest BCUT2D eigenvalue weighted by Crippen LogP contribution is 2.39. The van der Waals surface area contributed by atoms with Crippen LogP contribution in [0.15, 0.2) is 78.9 Å². The van der Waals surface area contributed by atoms with Crippen molar-refractivity contribution in [2.75, 3.05) is 20.1 Å². The van der Waals surface area contributed by atoms with E-state index in [1.165, 1.54) is 24.3 Å². The topological polar surface area (TPSA) is 41.6 Å². The summed E-state index contributed by atoms with van der Waals surface area (Å²) in [6.45, 7) is 1.34. The molecule has 1 saturated heterocycles. The lowest BCUT2D eigenvalue weighted by atomic mass is 9.76. The number of hydrogen-bond acceptors (Lipinski definition) is 3. The molecule has 160 valence electrons. The Hall–Kier alpha value is -2.89. The predicted octanol–water partition coefficient (Wildman–Crippen LogP) is 5.28. The maximum atomic E-state index is 13.2. The molecule has 6 heteroatoms. The van der Waals surface area contributed by atoms with Crippen LogP contribution in [0.5, 0.6) is 5.75 Å². The Morgan fingerprint density at radius 3 is 2.45 bits per heavy atom. The van der Waals surface area contributed by atoms with Crippen LogP contribution in [-0.4, -0.2) is 36.7 Å². The fraction of sp³-hybridized carbons (Fsp3) is 0.240. The Morgan fingerprint density at radius 1 is 1.10 bits per heavy atom. The molecule has 1 heterocycles. The average Bonchev–Trinajstić information content (AvgIpc) is 3.20. The van der Waals surface area contributed by atoms with E-state index in [2.05, 4.69) is 17.4 Å². The molecule has 0 saturated carbocycles. The van der Waals surface area contributed by atoms with Crippen LogP contribution in [0.4, 0.5) is 9.18 Å². The Kier molecular flexibility index (Phi) is 6.25. The van der Waals surface area contributed by atoms with Crippen molar-refractivity contribution in [3.63, 3.8) is 0 Å². The monoisotopic (exact) mass is 438 g/mol. The van der Waals surface area contributed by atoms with Crippen LogP contribution in [0.2, 0.25) is 5.02 Å². The summed E-state index contributed by atoms with van der Waals surface area (Å²) >= 11 is 6.11. The molecular formula is C25H24ClFN2O2. The SMILES string of the molecule is CN(C(=O)Oc1ccc(F)cc1)[C@]1(Cc2ccccc2)CNC[C@H]1c1ccc(Cl)cc1. The van der Waals surface area contributed by atoms with Crippen LogP contribution in [0.3, 0.4) is 0 Å². The molecule has 4 nitrogen and oxygen atoms in total. The van der Waals surface area contributed by atoms with Gasteiger partial charge in [-0.05, 0) is 53.9 Å². The van der Waals surface area contributed by atoms with Gasteiger partial charge in [-0.3, -0.25) is 0 Å². The van der Waals surface area contributed by atoms with Crippen LogP contribution in [0.25, 0.3) is 0 Å². The summed E-state index contributed by atoms with van der Waals surface area (Å²) in [5, 5.41) is 4.15. The molecule has 0 spiro atoms. The van der Waals surface area contributed by atoms with Crippen LogP contribution >= 0.6 is 11.6 Å². The number of carbonyl (C=O) groups is 1. The third-order valence-electron chi connectivity index (χ3n) is 6.01. The average molecular weight is 439 g/mol. The summed E-state index contributed by atoms with van der Waals surface area (Å²) in [5.41, 5.74) is 1.69. The van der Waals surface area contributed by atoms with Gasteiger partial charge in [-0.2, -0.15) is 0 Å². The summed E-state index contributed by atoms with van der Waals surface area (Å²) in [4.78, 5) is 14.9. The molecule has 31 heavy (non-hydrogen) atoms. The standard InChI is InChI=1S/C25H24ClFN2O2/c1-29(24(30)31-22-13-11-21(27)12-14-22)25(15-18-5-3-2-4-6-18)17-28-16-23(25)19-7-9-20(26)10-8-19/h2-14,23,28H,15-17H2,1H3/t23-,25+/m0/s1. The zero-order valence-corrected chi connectivity index (χ0v) is 18.0. The lowest BCUT2D eigenvalue weighted by Crippen LogP contribution is -2.56. The van der Waals surface area contributed by atoms with Crippen molar-refractivity contribution in [1.82, 2.24) is 10.2 Å². The fourth-order valence-corrected chi connectivity index (χ4v) is 4.45. The second kappa shape index (κ2) is 9.08. The Labute approximate surface area is 186 Å². The molecule has 0 unspecified atom stereocenters. The zero-order chi connectivity index (χ0) is 21.8. The van der Waals surface area contributed by atoms with Crippen LogP contribution in [0, 0.1) is 5.82 Å². The molecule has 3 aromatic carbocycles. The van der Waals surface area contributed by atoms with E-state index in [-0.39, 0.29) is 11.7 Å². The van der Waals surface area contributed by atoms with E-state index in [9.17, 15) is 9.18 Å². The molecule has 1 amide bonds. The van der Waals surface area contributed by atoms with Gasteiger partial charge in [0.1, 0.15) is 11.6 Å². The van der Waals surface area contributed by atoms with Crippen LogP contribution in [0.1, 0.15) is 17.0 Å². The minimum absolute atomic E-state index is 0.0377.